The van der Waals surface area contributed by atoms with Gasteiger partial charge in [-0.05, 0) is 63.1 Å². The Morgan fingerprint density at radius 1 is 0.968 bits per heavy atom. The van der Waals surface area contributed by atoms with E-state index in [4.69, 9.17) is 0 Å². The van der Waals surface area contributed by atoms with E-state index < -0.39 is 5.97 Å². The fourth-order valence-corrected chi connectivity index (χ4v) is 4.37. The summed E-state index contributed by atoms with van der Waals surface area (Å²) in [7, 11) is 12.2. The van der Waals surface area contributed by atoms with Crippen molar-refractivity contribution in [2.24, 2.45) is 0 Å². The van der Waals surface area contributed by atoms with E-state index in [1.165, 1.54) is 0 Å². The Hall–Kier alpha value is -2.89. The van der Waals surface area contributed by atoms with Gasteiger partial charge >= 0.3 is 5.97 Å². The fraction of sp³-hybridized carbons (Fsp3) is 0.346. The number of hydrogen-bond donors (Lipinski definition) is 1. The average Bonchev–Trinajstić information content (AvgIpc) is 2.74. The molecule has 164 valence electrons. The maximum atomic E-state index is 12.2. The zero-order valence-electron chi connectivity index (χ0n) is 19.3. The van der Waals surface area contributed by atoms with Crippen LogP contribution >= 0.6 is 0 Å². The van der Waals surface area contributed by atoms with E-state index >= 15 is 0 Å². The van der Waals surface area contributed by atoms with Crippen LogP contribution in [0.25, 0.3) is 0 Å². The Labute approximate surface area is 185 Å². The van der Waals surface area contributed by atoms with Crippen LogP contribution < -0.4 is 4.90 Å². The molecule has 1 aliphatic carbocycles. The van der Waals surface area contributed by atoms with Crippen molar-refractivity contribution in [3.63, 3.8) is 0 Å². The van der Waals surface area contributed by atoms with Crippen molar-refractivity contribution in [2.45, 2.75) is 18.0 Å². The molecular formula is C26H33N3O2. The Morgan fingerprint density at radius 3 is 2.10 bits per heavy atom. The van der Waals surface area contributed by atoms with Gasteiger partial charge in [0.05, 0.1) is 11.2 Å². The highest BCUT2D eigenvalue weighted by molar-refractivity contribution is 5.91. The summed E-state index contributed by atoms with van der Waals surface area (Å²) in [6, 6.07) is 15.9. The molecule has 0 spiro atoms. The normalized spacial score (nSPS) is 16.3. The third kappa shape index (κ3) is 4.43. The number of nitrogens with zero attached hydrogens (tertiary/aromatic N) is 3. The van der Waals surface area contributed by atoms with Gasteiger partial charge in [0.15, 0.2) is 0 Å². The molecule has 3 rings (SSSR count). The van der Waals surface area contributed by atoms with Gasteiger partial charge in [0.2, 0.25) is 0 Å². The third-order valence-corrected chi connectivity index (χ3v) is 6.29. The molecule has 0 amide bonds. The van der Waals surface area contributed by atoms with E-state index in [2.05, 4.69) is 68.4 Å². The molecule has 31 heavy (non-hydrogen) atoms. The van der Waals surface area contributed by atoms with Crippen LogP contribution in [0.4, 0.5) is 5.69 Å². The third-order valence-electron chi connectivity index (χ3n) is 6.29. The van der Waals surface area contributed by atoms with Gasteiger partial charge < -0.3 is 10.0 Å². The molecule has 2 aromatic carbocycles. The van der Waals surface area contributed by atoms with Crippen molar-refractivity contribution in [1.82, 2.24) is 9.80 Å². The van der Waals surface area contributed by atoms with Crippen LogP contribution in [0.5, 0.6) is 0 Å². The topological polar surface area (TPSA) is 47.0 Å². The molecule has 1 unspecified atom stereocenters. The zero-order chi connectivity index (χ0) is 22.8. The monoisotopic (exact) mass is 419 g/mol. The van der Waals surface area contributed by atoms with Gasteiger partial charge in [0.25, 0.3) is 0 Å². The first-order valence-corrected chi connectivity index (χ1v) is 10.5. The Balaban J connectivity index is 2.14. The largest absolute Gasteiger partial charge is 0.478 e. The number of benzene rings is 2. The molecule has 0 bridgehead atoms. The summed E-state index contributed by atoms with van der Waals surface area (Å²) in [6.07, 6.45) is 7.46. The Kier molecular flexibility index (Phi) is 6.68. The highest BCUT2D eigenvalue weighted by Crippen LogP contribution is 2.39. The summed E-state index contributed by atoms with van der Waals surface area (Å²) in [5.74, 6) is -1.06. The van der Waals surface area contributed by atoms with Crippen molar-refractivity contribution in [2.75, 3.05) is 47.2 Å². The van der Waals surface area contributed by atoms with Crippen LogP contribution in [-0.2, 0) is 0 Å². The number of rotatable bonds is 7. The molecule has 0 radical (unpaired) electrons. The Bertz CT molecular complexity index is 983. The van der Waals surface area contributed by atoms with Crippen molar-refractivity contribution in [1.29, 1.82) is 0 Å². The number of carboxylic acids is 1. The lowest BCUT2D eigenvalue weighted by atomic mass is 9.79. The van der Waals surface area contributed by atoms with E-state index in [0.29, 0.717) is 5.56 Å². The summed E-state index contributed by atoms with van der Waals surface area (Å²) >= 11 is 0. The molecule has 2 aromatic rings. The van der Waals surface area contributed by atoms with E-state index in [9.17, 15) is 9.90 Å². The van der Waals surface area contributed by atoms with Crippen LogP contribution in [0.2, 0.25) is 0 Å². The molecule has 0 saturated carbocycles. The molecule has 0 aromatic heterocycles. The first-order chi connectivity index (χ1) is 14.7. The molecule has 0 fully saturated rings. The molecule has 5 nitrogen and oxygen atoms in total. The zero-order valence-corrected chi connectivity index (χ0v) is 19.3. The van der Waals surface area contributed by atoms with Gasteiger partial charge in [-0.2, -0.15) is 0 Å². The van der Waals surface area contributed by atoms with E-state index in [-0.39, 0.29) is 11.6 Å². The van der Waals surface area contributed by atoms with Gasteiger partial charge in [-0.15, -0.1) is 0 Å². The lowest BCUT2D eigenvalue weighted by Gasteiger charge is -2.44. The van der Waals surface area contributed by atoms with Crippen molar-refractivity contribution in [3.05, 3.63) is 89.0 Å². The SMILES string of the molecule is CN(C)c1ccc(C(C2=CCC(N(C)C)(N(C)C)C=C2)c2ccccc2)c(C(=O)O)c1. The van der Waals surface area contributed by atoms with Crippen LogP contribution in [0.1, 0.15) is 33.8 Å². The molecule has 5 heteroatoms. The minimum absolute atomic E-state index is 0.151. The summed E-state index contributed by atoms with van der Waals surface area (Å²) < 4.78 is 0. The fourth-order valence-electron chi connectivity index (χ4n) is 4.37. The predicted octanol–water partition coefficient (Wildman–Crippen LogP) is 4.29. The van der Waals surface area contributed by atoms with Crippen molar-refractivity contribution >= 4 is 11.7 Å². The van der Waals surface area contributed by atoms with Gasteiger partial charge in [-0.25, -0.2) is 4.79 Å². The van der Waals surface area contributed by atoms with Gasteiger partial charge in [-0.1, -0.05) is 48.6 Å². The number of allylic oxidation sites excluding steroid dienone is 2. The second kappa shape index (κ2) is 9.08. The molecule has 0 aliphatic heterocycles. The van der Waals surface area contributed by atoms with Crippen molar-refractivity contribution in [3.8, 4) is 0 Å². The first kappa shape index (κ1) is 22.8. The minimum Gasteiger partial charge on any atom is -0.478 e. The quantitative estimate of drug-likeness (QED) is 0.679. The van der Waals surface area contributed by atoms with Crippen LogP contribution in [-0.4, -0.2) is 68.8 Å². The van der Waals surface area contributed by atoms with E-state index in [0.717, 1.165) is 28.8 Å². The van der Waals surface area contributed by atoms with Gasteiger partial charge in [0.1, 0.15) is 0 Å². The number of aromatic carboxylic acids is 1. The summed E-state index contributed by atoms with van der Waals surface area (Å²) in [6.45, 7) is 0. The van der Waals surface area contributed by atoms with Gasteiger partial charge in [0, 0.05) is 32.1 Å². The molecule has 1 N–H and O–H groups in total. The number of anilines is 1. The summed E-state index contributed by atoms with van der Waals surface area (Å²) in [4.78, 5) is 18.6. The number of hydrogen-bond acceptors (Lipinski definition) is 4. The van der Waals surface area contributed by atoms with Crippen LogP contribution in [0, 0.1) is 0 Å². The number of carboxylic acid groups (broad SMARTS) is 1. The minimum atomic E-state index is -0.907. The molecule has 0 heterocycles. The highest BCUT2D eigenvalue weighted by atomic mass is 16.4. The highest BCUT2D eigenvalue weighted by Gasteiger charge is 2.35. The lowest BCUT2D eigenvalue weighted by molar-refractivity contribution is 0.0516. The predicted molar refractivity (Wildman–Crippen MR) is 128 cm³/mol. The first-order valence-electron chi connectivity index (χ1n) is 10.5. The molecular weight excluding hydrogens is 386 g/mol. The van der Waals surface area contributed by atoms with E-state index in [1.54, 1.807) is 6.07 Å². The molecule has 1 atom stereocenters. The number of likely N-dealkylation sites (N-methyl/N-ethyl adjacent to an activating group) is 2. The summed E-state index contributed by atoms with van der Waals surface area (Å²) in [5.41, 5.74) is 4.02. The standard InChI is InChI=1S/C26H33N3O2/c1-27(2)21-12-13-22(23(18-21)25(30)31)24(19-10-8-7-9-11-19)20-14-16-26(17-15-20,28(3)4)29(5)6/h7-16,18,24H,17H2,1-6H3,(H,30,31). The maximum absolute atomic E-state index is 12.2. The number of carbonyl (C=O) groups is 1. The van der Waals surface area contributed by atoms with Crippen molar-refractivity contribution < 1.29 is 9.90 Å². The molecule has 0 saturated heterocycles. The smallest absolute Gasteiger partial charge is 0.336 e. The van der Waals surface area contributed by atoms with Crippen LogP contribution in [0.3, 0.4) is 0 Å². The lowest BCUT2D eigenvalue weighted by Crippen LogP contribution is -2.54. The second-order valence-electron chi connectivity index (χ2n) is 8.72. The second-order valence-corrected chi connectivity index (χ2v) is 8.72. The van der Waals surface area contributed by atoms with Gasteiger partial charge in [-0.3, -0.25) is 9.80 Å². The van der Waals surface area contributed by atoms with Crippen LogP contribution in [0.15, 0.2) is 72.3 Å². The Morgan fingerprint density at radius 2 is 1.61 bits per heavy atom. The summed E-state index contributed by atoms with van der Waals surface area (Å²) in [5, 5.41) is 10.0. The average molecular weight is 420 g/mol. The maximum Gasteiger partial charge on any atom is 0.336 e. The van der Waals surface area contributed by atoms with E-state index in [1.807, 2.05) is 49.3 Å². The molecule has 1 aliphatic rings.